The van der Waals surface area contributed by atoms with Crippen LogP contribution >= 0.6 is 0 Å². The molecule has 1 saturated carbocycles. The van der Waals surface area contributed by atoms with Crippen LogP contribution in [0.5, 0.6) is 0 Å². The van der Waals surface area contributed by atoms with Crippen molar-refractivity contribution in [2.45, 2.75) is 70.9 Å². The molecule has 0 unspecified atom stereocenters. The molecule has 0 saturated heterocycles. The average molecular weight is 180 g/mol. The van der Waals surface area contributed by atoms with Crippen LogP contribution in [0.2, 0.25) is 12.1 Å². The van der Waals surface area contributed by atoms with E-state index in [2.05, 4.69) is 13.8 Å². The minimum absolute atomic E-state index is 1.01. The van der Waals surface area contributed by atoms with E-state index in [1.807, 2.05) is 0 Å². The average Bonchev–Trinajstić information content (AvgIpc) is 2.09. The molecule has 0 radical (unpaired) electrons. The van der Waals surface area contributed by atoms with Crippen molar-refractivity contribution in [1.82, 2.24) is 0 Å². The van der Waals surface area contributed by atoms with Crippen LogP contribution in [0.25, 0.3) is 0 Å². The molecule has 13 heavy (non-hydrogen) atoms. The van der Waals surface area contributed by atoms with Crippen molar-refractivity contribution >= 4 is 7.28 Å². The van der Waals surface area contributed by atoms with Crippen LogP contribution in [0.3, 0.4) is 0 Å². The number of rotatable bonds is 3. The van der Waals surface area contributed by atoms with E-state index in [1.54, 1.807) is 0 Å². The lowest BCUT2D eigenvalue weighted by molar-refractivity contribution is 0.402. The van der Waals surface area contributed by atoms with Gasteiger partial charge in [-0.05, 0) is 5.92 Å². The van der Waals surface area contributed by atoms with Gasteiger partial charge in [0.15, 0.2) is 0 Å². The standard InChI is InChI=1S/C12H25B/c1-3-10-13-12-8-4-6-11(2)7-5-9-12/h11-13H,3-10H2,1-2H3. The highest BCUT2D eigenvalue weighted by Gasteiger charge is 2.14. The lowest BCUT2D eigenvalue weighted by atomic mass is 9.57. The third kappa shape index (κ3) is 4.74. The summed E-state index contributed by atoms with van der Waals surface area (Å²) in [6.07, 6.45) is 11.8. The maximum atomic E-state index is 2.42. The summed E-state index contributed by atoms with van der Waals surface area (Å²) >= 11 is 0. The van der Waals surface area contributed by atoms with Gasteiger partial charge in [-0.2, -0.15) is 0 Å². The van der Waals surface area contributed by atoms with Gasteiger partial charge < -0.3 is 0 Å². The molecule has 76 valence electrons. The second kappa shape index (κ2) is 6.51. The van der Waals surface area contributed by atoms with Gasteiger partial charge in [0, 0.05) is 0 Å². The highest BCUT2D eigenvalue weighted by molar-refractivity contribution is 6.37. The molecule has 1 aliphatic carbocycles. The van der Waals surface area contributed by atoms with Gasteiger partial charge in [0.25, 0.3) is 0 Å². The molecule has 0 aromatic rings. The van der Waals surface area contributed by atoms with E-state index in [1.165, 1.54) is 58.5 Å². The molecule has 1 heteroatoms. The Morgan fingerprint density at radius 3 is 2.23 bits per heavy atom. The van der Waals surface area contributed by atoms with Crippen LogP contribution in [0.15, 0.2) is 0 Å². The number of hydrogen-bond acceptors (Lipinski definition) is 0. The molecule has 0 heterocycles. The zero-order valence-electron chi connectivity index (χ0n) is 9.52. The first-order valence-corrected chi connectivity index (χ1v) is 6.33. The topological polar surface area (TPSA) is 0 Å². The van der Waals surface area contributed by atoms with Crippen molar-refractivity contribution in [3.05, 3.63) is 0 Å². The maximum absolute atomic E-state index is 2.42. The molecular formula is C12H25B. The van der Waals surface area contributed by atoms with Crippen LogP contribution in [0.4, 0.5) is 0 Å². The Balaban J connectivity index is 2.16. The summed E-state index contributed by atoms with van der Waals surface area (Å²) in [5, 5.41) is 0. The maximum Gasteiger partial charge on any atom is 0.124 e. The molecular weight excluding hydrogens is 155 g/mol. The van der Waals surface area contributed by atoms with E-state index in [-0.39, 0.29) is 0 Å². The summed E-state index contributed by atoms with van der Waals surface area (Å²) in [7, 11) is 1.50. The van der Waals surface area contributed by atoms with E-state index >= 15 is 0 Å². The van der Waals surface area contributed by atoms with E-state index in [9.17, 15) is 0 Å². The third-order valence-electron chi connectivity index (χ3n) is 3.58. The Hall–Kier alpha value is 0.0649. The quantitative estimate of drug-likeness (QED) is 0.575. The van der Waals surface area contributed by atoms with E-state index in [4.69, 9.17) is 0 Å². The molecule has 0 bridgehead atoms. The molecule has 0 amide bonds. The fourth-order valence-electron chi connectivity index (χ4n) is 2.58. The van der Waals surface area contributed by atoms with Gasteiger partial charge in [-0.15, -0.1) is 0 Å². The molecule has 0 spiro atoms. The van der Waals surface area contributed by atoms with Gasteiger partial charge in [0.05, 0.1) is 0 Å². The van der Waals surface area contributed by atoms with Crippen LogP contribution in [0.1, 0.15) is 58.8 Å². The number of hydrogen-bond donors (Lipinski definition) is 0. The Labute approximate surface area is 84.7 Å². The Kier molecular flexibility index (Phi) is 5.58. The lowest BCUT2D eigenvalue weighted by Crippen LogP contribution is -2.08. The molecule has 0 nitrogen and oxygen atoms in total. The Morgan fingerprint density at radius 2 is 1.69 bits per heavy atom. The summed E-state index contributed by atoms with van der Waals surface area (Å²) in [6.45, 7) is 4.73. The molecule has 0 aliphatic heterocycles. The zero-order valence-corrected chi connectivity index (χ0v) is 9.52. The van der Waals surface area contributed by atoms with Crippen molar-refractivity contribution < 1.29 is 0 Å². The predicted octanol–water partition coefficient (Wildman–Crippen LogP) is 4.03. The fourth-order valence-corrected chi connectivity index (χ4v) is 2.58. The molecule has 1 rings (SSSR count). The van der Waals surface area contributed by atoms with Crippen molar-refractivity contribution in [3.63, 3.8) is 0 Å². The van der Waals surface area contributed by atoms with Gasteiger partial charge in [-0.25, -0.2) is 0 Å². The largest absolute Gasteiger partial charge is 0.124 e. The normalized spacial score (nSPS) is 30.6. The first kappa shape index (κ1) is 11.1. The van der Waals surface area contributed by atoms with Gasteiger partial charge in [-0.1, -0.05) is 70.9 Å². The monoisotopic (exact) mass is 180 g/mol. The molecule has 0 aromatic carbocycles. The first-order chi connectivity index (χ1) is 6.33. The summed E-state index contributed by atoms with van der Waals surface area (Å²) in [5.74, 6) is 2.08. The van der Waals surface area contributed by atoms with Gasteiger partial charge >= 0.3 is 0 Å². The third-order valence-corrected chi connectivity index (χ3v) is 3.58. The second-order valence-corrected chi connectivity index (χ2v) is 4.98. The Bertz CT molecular complexity index is 112. The molecule has 1 aliphatic rings. The minimum Gasteiger partial charge on any atom is -0.0774 e. The highest BCUT2D eigenvalue weighted by atomic mass is 14.1. The SMILES string of the molecule is CCCBC1CCCC(C)CCC1. The van der Waals surface area contributed by atoms with Crippen LogP contribution in [-0.4, -0.2) is 7.28 Å². The summed E-state index contributed by atoms with van der Waals surface area (Å²) in [6, 6.07) is 0. The first-order valence-electron chi connectivity index (χ1n) is 6.33. The molecule has 1 fully saturated rings. The zero-order chi connectivity index (χ0) is 9.52. The smallest absolute Gasteiger partial charge is 0.0774 e. The minimum atomic E-state index is 1.01. The van der Waals surface area contributed by atoms with E-state index in [0.29, 0.717) is 0 Å². The fraction of sp³-hybridized carbons (Fsp3) is 1.00. The van der Waals surface area contributed by atoms with Gasteiger partial charge in [0.1, 0.15) is 7.28 Å². The van der Waals surface area contributed by atoms with Crippen LogP contribution < -0.4 is 0 Å². The van der Waals surface area contributed by atoms with Crippen molar-refractivity contribution in [2.75, 3.05) is 0 Å². The van der Waals surface area contributed by atoms with E-state index in [0.717, 1.165) is 11.7 Å². The van der Waals surface area contributed by atoms with E-state index < -0.39 is 0 Å². The summed E-state index contributed by atoms with van der Waals surface area (Å²) in [4.78, 5) is 0. The van der Waals surface area contributed by atoms with Crippen LogP contribution in [0, 0.1) is 5.92 Å². The predicted molar refractivity (Wildman–Crippen MR) is 62.9 cm³/mol. The van der Waals surface area contributed by atoms with Crippen molar-refractivity contribution in [2.24, 2.45) is 5.92 Å². The van der Waals surface area contributed by atoms with Crippen LogP contribution in [-0.2, 0) is 0 Å². The van der Waals surface area contributed by atoms with Crippen molar-refractivity contribution in [3.8, 4) is 0 Å². The lowest BCUT2D eigenvalue weighted by Gasteiger charge is -2.21. The summed E-state index contributed by atoms with van der Waals surface area (Å²) < 4.78 is 0. The molecule has 0 atom stereocenters. The molecule has 0 N–H and O–H groups in total. The van der Waals surface area contributed by atoms with Gasteiger partial charge in [-0.3, -0.25) is 0 Å². The second-order valence-electron chi connectivity index (χ2n) is 4.98. The van der Waals surface area contributed by atoms with Crippen molar-refractivity contribution in [1.29, 1.82) is 0 Å². The highest BCUT2D eigenvalue weighted by Crippen LogP contribution is 2.29. The molecule has 0 aromatic heterocycles. The van der Waals surface area contributed by atoms with Gasteiger partial charge in [0.2, 0.25) is 0 Å². The Morgan fingerprint density at radius 1 is 1.08 bits per heavy atom. The summed E-state index contributed by atoms with van der Waals surface area (Å²) in [5.41, 5.74) is 0.